The van der Waals surface area contributed by atoms with Gasteiger partial charge in [-0.1, -0.05) is 30.0 Å². The molecule has 3 rings (SSSR count). The molecular formula is C17H22N4O5S3. The topological polar surface area (TPSA) is 111 Å². The quantitative estimate of drug-likeness (QED) is 0.451. The Labute approximate surface area is 177 Å². The maximum atomic E-state index is 12.3. The van der Waals surface area contributed by atoms with E-state index in [1.807, 2.05) is 6.92 Å². The number of hydrogen-bond acceptors (Lipinski definition) is 9. The third-order valence-electron chi connectivity index (χ3n) is 3.90. The summed E-state index contributed by atoms with van der Waals surface area (Å²) in [6.45, 7) is 3.06. The van der Waals surface area contributed by atoms with Crippen LogP contribution < -0.4 is 19.1 Å². The number of rotatable bonds is 9. The number of nitrogens with one attached hydrogen (secondary N) is 1. The van der Waals surface area contributed by atoms with Gasteiger partial charge in [0.15, 0.2) is 15.8 Å². The van der Waals surface area contributed by atoms with E-state index in [1.54, 1.807) is 30.0 Å². The molecule has 0 unspecified atom stereocenters. The molecule has 9 nitrogen and oxygen atoms in total. The lowest BCUT2D eigenvalue weighted by molar-refractivity contribution is -0.116. The summed E-state index contributed by atoms with van der Waals surface area (Å²) in [4.78, 5) is 12.2. The highest BCUT2D eigenvalue weighted by molar-refractivity contribution is 8.01. The molecule has 1 aliphatic rings. The number of benzene rings is 1. The standard InChI is InChI=1S/C17H22N4O5S3/c1-3-27-17-20-19-16(28-17)18-15(22)5-4-8-21(29(2,23)24)12-6-7-13-14(11-12)26-10-9-25-13/h6-7,11H,3-5,8-10H2,1-2H3,(H,18,19,22). The molecule has 1 aromatic carbocycles. The Morgan fingerprint density at radius 1 is 1.28 bits per heavy atom. The number of carbonyl (C=O) groups excluding carboxylic acids is 1. The molecular weight excluding hydrogens is 436 g/mol. The van der Waals surface area contributed by atoms with E-state index in [0.717, 1.165) is 16.3 Å². The summed E-state index contributed by atoms with van der Waals surface area (Å²) in [7, 11) is -3.52. The van der Waals surface area contributed by atoms with Gasteiger partial charge in [0.1, 0.15) is 13.2 Å². The number of amides is 1. The van der Waals surface area contributed by atoms with Gasteiger partial charge in [-0.2, -0.15) is 0 Å². The first-order valence-electron chi connectivity index (χ1n) is 9.00. The number of carbonyl (C=O) groups is 1. The second-order valence-electron chi connectivity index (χ2n) is 6.12. The molecule has 29 heavy (non-hydrogen) atoms. The van der Waals surface area contributed by atoms with Crippen molar-refractivity contribution in [2.24, 2.45) is 0 Å². The van der Waals surface area contributed by atoms with Gasteiger partial charge in [-0.25, -0.2) is 8.42 Å². The zero-order valence-corrected chi connectivity index (χ0v) is 18.5. The van der Waals surface area contributed by atoms with Crippen LogP contribution in [0.2, 0.25) is 0 Å². The van der Waals surface area contributed by atoms with Gasteiger partial charge in [-0.05, 0) is 24.3 Å². The number of nitrogens with zero attached hydrogens (tertiary/aromatic N) is 3. The van der Waals surface area contributed by atoms with Gasteiger partial charge >= 0.3 is 0 Å². The van der Waals surface area contributed by atoms with Crippen molar-refractivity contribution in [3.63, 3.8) is 0 Å². The van der Waals surface area contributed by atoms with E-state index in [4.69, 9.17) is 9.47 Å². The molecule has 0 saturated carbocycles. The van der Waals surface area contributed by atoms with Gasteiger partial charge in [-0.15, -0.1) is 10.2 Å². The van der Waals surface area contributed by atoms with Crippen LogP contribution in [0.1, 0.15) is 19.8 Å². The summed E-state index contributed by atoms with van der Waals surface area (Å²) in [5.74, 6) is 1.75. The van der Waals surface area contributed by atoms with Crippen molar-refractivity contribution in [2.75, 3.05) is 41.4 Å². The fourth-order valence-electron chi connectivity index (χ4n) is 2.68. The van der Waals surface area contributed by atoms with Gasteiger partial charge in [0.2, 0.25) is 21.1 Å². The maximum Gasteiger partial charge on any atom is 0.232 e. The number of hydrogen-bond donors (Lipinski definition) is 1. The Morgan fingerprint density at radius 2 is 2.03 bits per heavy atom. The van der Waals surface area contributed by atoms with E-state index in [2.05, 4.69) is 15.5 Å². The van der Waals surface area contributed by atoms with E-state index in [9.17, 15) is 13.2 Å². The Hall–Kier alpha value is -2.05. The molecule has 1 amide bonds. The van der Waals surface area contributed by atoms with Crippen molar-refractivity contribution in [3.8, 4) is 11.5 Å². The minimum Gasteiger partial charge on any atom is -0.486 e. The molecule has 2 heterocycles. The molecule has 1 aromatic heterocycles. The second-order valence-corrected chi connectivity index (χ2v) is 10.5. The van der Waals surface area contributed by atoms with Crippen molar-refractivity contribution < 1.29 is 22.7 Å². The van der Waals surface area contributed by atoms with E-state index < -0.39 is 10.0 Å². The van der Waals surface area contributed by atoms with Crippen molar-refractivity contribution in [3.05, 3.63) is 18.2 Å². The molecule has 0 saturated heterocycles. The summed E-state index contributed by atoms with van der Waals surface area (Å²) in [5, 5.41) is 11.1. The Balaban J connectivity index is 1.59. The van der Waals surface area contributed by atoms with E-state index in [-0.39, 0.29) is 18.9 Å². The monoisotopic (exact) mass is 458 g/mol. The smallest absolute Gasteiger partial charge is 0.232 e. The van der Waals surface area contributed by atoms with Crippen LogP contribution in [0.5, 0.6) is 11.5 Å². The van der Waals surface area contributed by atoms with Gasteiger partial charge in [-0.3, -0.25) is 9.10 Å². The van der Waals surface area contributed by atoms with Crippen LogP contribution in [0.15, 0.2) is 22.5 Å². The summed E-state index contributed by atoms with van der Waals surface area (Å²) in [6.07, 6.45) is 1.65. The summed E-state index contributed by atoms with van der Waals surface area (Å²) < 4.78 is 37.6. The highest BCUT2D eigenvalue weighted by Gasteiger charge is 2.21. The average molecular weight is 459 g/mol. The summed E-state index contributed by atoms with van der Waals surface area (Å²) >= 11 is 2.87. The average Bonchev–Trinajstić information content (AvgIpc) is 3.11. The third-order valence-corrected chi connectivity index (χ3v) is 6.95. The van der Waals surface area contributed by atoms with Gasteiger partial charge in [0.05, 0.1) is 11.9 Å². The minimum atomic E-state index is -3.52. The Kier molecular flexibility index (Phi) is 7.19. The fourth-order valence-corrected chi connectivity index (χ4v) is 5.30. The van der Waals surface area contributed by atoms with E-state index in [1.165, 1.54) is 15.6 Å². The van der Waals surface area contributed by atoms with Crippen LogP contribution in [-0.2, 0) is 14.8 Å². The lowest BCUT2D eigenvalue weighted by Gasteiger charge is -2.25. The normalized spacial score (nSPS) is 13.2. The first kappa shape index (κ1) is 21.7. The van der Waals surface area contributed by atoms with E-state index >= 15 is 0 Å². The third kappa shape index (κ3) is 5.97. The van der Waals surface area contributed by atoms with Gasteiger partial charge in [0, 0.05) is 19.0 Å². The van der Waals surface area contributed by atoms with Crippen LogP contribution in [0.3, 0.4) is 0 Å². The zero-order chi connectivity index (χ0) is 20.9. The highest BCUT2D eigenvalue weighted by Crippen LogP contribution is 2.34. The van der Waals surface area contributed by atoms with Crippen LogP contribution >= 0.6 is 23.1 Å². The van der Waals surface area contributed by atoms with Gasteiger partial charge < -0.3 is 14.8 Å². The van der Waals surface area contributed by atoms with Gasteiger partial charge in [0.25, 0.3) is 0 Å². The van der Waals surface area contributed by atoms with Crippen LogP contribution in [0, 0.1) is 0 Å². The minimum absolute atomic E-state index is 0.159. The van der Waals surface area contributed by atoms with Crippen molar-refractivity contribution >= 4 is 49.8 Å². The lowest BCUT2D eigenvalue weighted by Crippen LogP contribution is -2.31. The van der Waals surface area contributed by atoms with Crippen LogP contribution in [0.4, 0.5) is 10.8 Å². The molecule has 0 radical (unpaired) electrons. The molecule has 1 N–H and O–H groups in total. The molecule has 158 valence electrons. The molecule has 1 aliphatic heterocycles. The maximum absolute atomic E-state index is 12.3. The van der Waals surface area contributed by atoms with Crippen LogP contribution in [0.25, 0.3) is 0 Å². The number of anilines is 2. The Bertz CT molecular complexity index is 964. The molecule has 0 aliphatic carbocycles. The van der Waals surface area contributed by atoms with Crippen LogP contribution in [-0.4, -0.2) is 56.3 Å². The predicted octanol–water partition coefficient (Wildman–Crippen LogP) is 2.61. The highest BCUT2D eigenvalue weighted by atomic mass is 32.2. The molecule has 0 atom stereocenters. The molecule has 0 spiro atoms. The fraction of sp³-hybridized carbons (Fsp3) is 0.471. The SMILES string of the molecule is CCSc1nnc(NC(=O)CCCN(c2ccc3c(c2)OCCO3)S(C)(=O)=O)s1. The first-order chi connectivity index (χ1) is 13.9. The van der Waals surface area contributed by atoms with Crippen molar-refractivity contribution in [1.82, 2.24) is 10.2 Å². The predicted molar refractivity (Wildman–Crippen MR) is 114 cm³/mol. The van der Waals surface area contributed by atoms with Crippen molar-refractivity contribution in [1.29, 1.82) is 0 Å². The summed E-state index contributed by atoms with van der Waals surface area (Å²) in [5.41, 5.74) is 0.475. The molecule has 0 fully saturated rings. The number of fused-ring (bicyclic) bond motifs is 1. The zero-order valence-electron chi connectivity index (χ0n) is 16.1. The number of aromatic nitrogens is 2. The first-order valence-corrected chi connectivity index (χ1v) is 12.7. The number of thioether (sulfide) groups is 1. The van der Waals surface area contributed by atoms with E-state index in [0.29, 0.717) is 42.0 Å². The Morgan fingerprint density at radius 3 is 2.76 bits per heavy atom. The second kappa shape index (κ2) is 9.63. The van der Waals surface area contributed by atoms with Crippen molar-refractivity contribution in [2.45, 2.75) is 24.1 Å². The largest absolute Gasteiger partial charge is 0.486 e. The molecule has 12 heteroatoms. The molecule has 2 aromatic rings. The summed E-state index contributed by atoms with van der Waals surface area (Å²) in [6, 6.07) is 5.00. The molecule has 0 bridgehead atoms. The number of ether oxygens (including phenoxy) is 2. The number of sulfonamides is 1. The lowest BCUT2D eigenvalue weighted by atomic mass is 10.2.